The first-order valence-corrected chi connectivity index (χ1v) is 8.89. The Morgan fingerprint density at radius 3 is 2.78 bits per heavy atom. The zero-order valence-electron chi connectivity index (χ0n) is 15.4. The number of nitrogens with zero attached hydrogens (tertiary/aromatic N) is 3. The fourth-order valence-electron chi connectivity index (χ4n) is 3.27. The molecule has 2 aromatic rings. The Kier molecular flexibility index (Phi) is 5.70. The van der Waals surface area contributed by atoms with Crippen LogP contribution in [0.2, 0.25) is 0 Å². The number of aromatic nitrogens is 3. The third-order valence-electron chi connectivity index (χ3n) is 4.43. The SMILES string of the molecule is CC(C)N1C(=O)CO[C@H](C(=O)NCCc2nc(N)n[nH]2)[C@H]1c1ccccc1. The number of carbonyl (C=O) groups is 2. The Morgan fingerprint density at radius 2 is 2.15 bits per heavy atom. The lowest BCUT2D eigenvalue weighted by Gasteiger charge is -2.42. The van der Waals surface area contributed by atoms with Gasteiger partial charge in [0.15, 0.2) is 6.10 Å². The second-order valence-electron chi connectivity index (χ2n) is 6.66. The fraction of sp³-hybridized carbons (Fsp3) is 0.444. The highest BCUT2D eigenvalue weighted by molar-refractivity contribution is 5.86. The number of anilines is 1. The van der Waals surface area contributed by atoms with Crippen molar-refractivity contribution in [2.75, 3.05) is 18.9 Å². The predicted molar refractivity (Wildman–Crippen MR) is 98.4 cm³/mol. The van der Waals surface area contributed by atoms with Crippen LogP contribution in [0.4, 0.5) is 5.95 Å². The van der Waals surface area contributed by atoms with E-state index in [2.05, 4.69) is 20.5 Å². The van der Waals surface area contributed by atoms with Gasteiger partial charge in [0.1, 0.15) is 12.4 Å². The van der Waals surface area contributed by atoms with Gasteiger partial charge in [0.25, 0.3) is 5.91 Å². The van der Waals surface area contributed by atoms with Crippen molar-refractivity contribution in [3.05, 3.63) is 41.7 Å². The van der Waals surface area contributed by atoms with Crippen LogP contribution in [0.3, 0.4) is 0 Å². The van der Waals surface area contributed by atoms with E-state index in [0.29, 0.717) is 18.8 Å². The van der Waals surface area contributed by atoms with E-state index in [1.807, 2.05) is 44.2 Å². The maximum Gasteiger partial charge on any atom is 0.251 e. The molecule has 1 aromatic heterocycles. The molecule has 1 fully saturated rings. The van der Waals surface area contributed by atoms with Crippen LogP contribution in [0, 0.1) is 0 Å². The molecular weight excluding hydrogens is 348 g/mol. The molecule has 4 N–H and O–H groups in total. The first-order chi connectivity index (χ1) is 13.0. The van der Waals surface area contributed by atoms with Crippen molar-refractivity contribution in [1.29, 1.82) is 0 Å². The number of carbonyl (C=O) groups excluding carboxylic acids is 2. The Balaban J connectivity index is 1.74. The standard InChI is InChI=1S/C18H24N6O3/c1-11(2)24-14(25)10-27-16(15(24)12-6-4-3-5-7-12)17(26)20-9-8-13-21-18(19)23-22-13/h3-7,11,15-16H,8-10H2,1-2H3,(H,20,26)(H3,19,21,22,23)/t15-,16+/m1/s1. The van der Waals surface area contributed by atoms with Gasteiger partial charge in [-0.3, -0.25) is 14.7 Å². The van der Waals surface area contributed by atoms with Crippen LogP contribution in [0.25, 0.3) is 0 Å². The number of hydrogen-bond donors (Lipinski definition) is 3. The molecule has 27 heavy (non-hydrogen) atoms. The summed E-state index contributed by atoms with van der Waals surface area (Å²) in [5.41, 5.74) is 6.33. The number of benzene rings is 1. The van der Waals surface area contributed by atoms with Gasteiger partial charge in [-0.2, -0.15) is 4.98 Å². The van der Waals surface area contributed by atoms with Crippen molar-refractivity contribution in [3.63, 3.8) is 0 Å². The summed E-state index contributed by atoms with van der Waals surface area (Å²) < 4.78 is 5.65. The quantitative estimate of drug-likeness (QED) is 0.675. The van der Waals surface area contributed by atoms with Crippen LogP contribution in [-0.4, -0.2) is 57.2 Å². The van der Waals surface area contributed by atoms with Gasteiger partial charge in [-0.15, -0.1) is 5.10 Å². The van der Waals surface area contributed by atoms with Gasteiger partial charge in [0, 0.05) is 19.0 Å². The maximum absolute atomic E-state index is 12.8. The lowest BCUT2D eigenvalue weighted by atomic mass is 9.96. The molecule has 3 rings (SSSR count). The molecule has 1 aliphatic heterocycles. The number of H-pyrrole nitrogens is 1. The maximum atomic E-state index is 12.8. The smallest absolute Gasteiger partial charge is 0.251 e. The molecule has 1 saturated heterocycles. The van der Waals surface area contributed by atoms with Gasteiger partial charge in [0.05, 0.1) is 6.04 Å². The topological polar surface area (TPSA) is 126 Å². The van der Waals surface area contributed by atoms with E-state index < -0.39 is 12.1 Å². The highest BCUT2D eigenvalue weighted by Crippen LogP contribution is 2.32. The zero-order chi connectivity index (χ0) is 19.4. The molecule has 0 saturated carbocycles. The first-order valence-electron chi connectivity index (χ1n) is 8.89. The van der Waals surface area contributed by atoms with Gasteiger partial charge in [0.2, 0.25) is 11.9 Å². The fourth-order valence-corrected chi connectivity index (χ4v) is 3.27. The molecule has 0 radical (unpaired) electrons. The molecule has 0 spiro atoms. The van der Waals surface area contributed by atoms with Crippen LogP contribution in [0.1, 0.15) is 31.3 Å². The Labute approximate surface area is 157 Å². The molecule has 144 valence electrons. The van der Waals surface area contributed by atoms with Crippen molar-refractivity contribution >= 4 is 17.8 Å². The van der Waals surface area contributed by atoms with Crippen LogP contribution in [0.5, 0.6) is 0 Å². The van der Waals surface area contributed by atoms with E-state index in [1.165, 1.54) is 0 Å². The predicted octanol–water partition coefficient (Wildman–Crippen LogP) is 0.423. The number of amides is 2. The number of aromatic amines is 1. The normalized spacial score (nSPS) is 20.1. The summed E-state index contributed by atoms with van der Waals surface area (Å²) in [7, 11) is 0. The van der Waals surface area contributed by atoms with E-state index >= 15 is 0 Å². The van der Waals surface area contributed by atoms with Gasteiger partial charge in [-0.1, -0.05) is 30.3 Å². The minimum Gasteiger partial charge on any atom is -0.367 e. The number of nitrogen functional groups attached to an aromatic ring is 1. The van der Waals surface area contributed by atoms with E-state index in [1.54, 1.807) is 4.90 Å². The number of rotatable bonds is 6. The molecule has 9 heteroatoms. The summed E-state index contributed by atoms with van der Waals surface area (Å²) >= 11 is 0. The molecular formula is C18H24N6O3. The summed E-state index contributed by atoms with van der Waals surface area (Å²) in [6, 6.07) is 8.94. The van der Waals surface area contributed by atoms with E-state index in [4.69, 9.17) is 10.5 Å². The van der Waals surface area contributed by atoms with Crippen LogP contribution >= 0.6 is 0 Å². The number of ether oxygens (including phenoxy) is 1. The Morgan fingerprint density at radius 1 is 1.41 bits per heavy atom. The summed E-state index contributed by atoms with van der Waals surface area (Å²) in [5, 5.41) is 9.31. The van der Waals surface area contributed by atoms with Crippen molar-refractivity contribution in [2.45, 2.75) is 38.5 Å². The van der Waals surface area contributed by atoms with E-state index in [-0.39, 0.29) is 30.4 Å². The van der Waals surface area contributed by atoms with Gasteiger partial charge in [-0.25, -0.2) is 0 Å². The van der Waals surface area contributed by atoms with Crippen molar-refractivity contribution in [3.8, 4) is 0 Å². The zero-order valence-corrected chi connectivity index (χ0v) is 15.4. The Hall–Kier alpha value is -2.94. The summed E-state index contributed by atoms with van der Waals surface area (Å²) in [6.45, 7) is 4.10. The van der Waals surface area contributed by atoms with Crippen molar-refractivity contribution in [2.24, 2.45) is 0 Å². The molecule has 0 bridgehead atoms. The largest absolute Gasteiger partial charge is 0.367 e. The average molecular weight is 372 g/mol. The van der Waals surface area contributed by atoms with Gasteiger partial charge in [-0.05, 0) is 19.4 Å². The molecule has 0 aliphatic carbocycles. The lowest BCUT2D eigenvalue weighted by molar-refractivity contribution is -0.167. The van der Waals surface area contributed by atoms with Crippen LogP contribution in [-0.2, 0) is 20.7 Å². The van der Waals surface area contributed by atoms with E-state index in [0.717, 1.165) is 5.56 Å². The summed E-state index contributed by atoms with van der Waals surface area (Å²) in [5.74, 6) is 0.368. The number of nitrogens with one attached hydrogen (secondary N) is 2. The highest BCUT2D eigenvalue weighted by Gasteiger charge is 2.42. The summed E-state index contributed by atoms with van der Waals surface area (Å²) in [4.78, 5) is 31.0. The lowest BCUT2D eigenvalue weighted by Crippen LogP contribution is -2.56. The molecule has 0 unspecified atom stereocenters. The molecule has 1 aromatic carbocycles. The highest BCUT2D eigenvalue weighted by atomic mass is 16.5. The molecule has 1 aliphatic rings. The second-order valence-corrected chi connectivity index (χ2v) is 6.66. The van der Waals surface area contributed by atoms with E-state index in [9.17, 15) is 9.59 Å². The monoisotopic (exact) mass is 372 g/mol. The Bertz CT molecular complexity index is 791. The van der Waals surface area contributed by atoms with Crippen LogP contribution < -0.4 is 11.1 Å². The number of morpholine rings is 1. The van der Waals surface area contributed by atoms with Crippen molar-refractivity contribution in [1.82, 2.24) is 25.4 Å². The summed E-state index contributed by atoms with van der Waals surface area (Å²) in [6.07, 6.45) is -0.321. The second kappa shape index (κ2) is 8.17. The third kappa shape index (κ3) is 4.25. The first kappa shape index (κ1) is 18.8. The number of nitrogens with two attached hydrogens (primary N) is 1. The van der Waals surface area contributed by atoms with Crippen LogP contribution in [0.15, 0.2) is 30.3 Å². The van der Waals surface area contributed by atoms with Gasteiger partial charge < -0.3 is 20.7 Å². The minimum absolute atomic E-state index is 0.0564. The minimum atomic E-state index is -0.785. The number of hydrogen-bond acceptors (Lipinski definition) is 6. The molecule has 2 atom stereocenters. The molecule has 9 nitrogen and oxygen atoms in total. The van der Waals surface area contributed by atoms with Crippen molar-refractivity contribution < 1.29 is 14.3 Å². The molecule has 2 heterocycles. The van der Waals surface area contributed by atoms with Gasteiger partial charge >= 0.3 is 0 Å². The third-order valence-corrected chi connectivity index (χ3v) is 4.43. The average Bonchev–Trinajstić information content (AvgIpc) is 3.06. The molecule has 2 amide bonds.